The molecule has 4 nitrogen and oxygen atoms in total. The van der Waals surface area contributed by atoms with Crippen molar-refractivity contribution in [2.45, 2.75) is 12.8 Å². The predicted octanol–water partition coefficient (Wildman–Crippen LogP) is 2.80. The number of amides is 1. The SMILES string of the molecule is CN1C(=O)CCc2cc(C=Cc3csc(N)n3)ccc21. The quantitative estimate of drug-likeness (QED) is 0.923. The van der Waals surface area contributed by atoms with Crippen molar-refractivity contribution in [3.8, 4) is 0 Å². The van der Waals surface area contributed by atoms with Gasteiger partial charge in [0.05, 0.1) is 5.69 Å². The lowest BCUT2D eigenvalue weighted by molar-refractivity contribution is -0.118. The van der Waals surface area contributed by atoms with Gasteiger partial charge in [0.2, 0.25) is 5.91 Å². The Morgan fingerprint density at radius 1 is 1.35 bits per heavy atom. The van der Waals surface area contributed by atoms with Crippen LogP contribution in [0.5, 0.6) is 0 Å². The molecule has 102 valence electrons. The summed E-state index contributed by atoms with van der Waals surface area (Å²) in [6.07, 6.45) is 5.36. The molecule has 1 amide bonds. The number of carbonyl (C=O) groups is 1. The van der Waals surface area contributed by atoms with E-state index in [0.717, 1.165) is 23.4 Å². The average Bonchev–Trinajstić information content (AvgIpc) is 2.86. The summed E-state index contributed by atoms with van der Waals surface area (Å²) in [4.78, 5) is 17.6. The van der Waals surface area contributed by atoms with Crippen molar-refractivity contribution in [3.05, 3.63) is 40.4 Å². The number of nitrogens with zero attached hydrogens (tertiary/aromatic N) is 2. The number of nitrogens with two attached hydrogens (primary N) is 1. The van der Waals surface area contributed by atoms with Crippen molar-refractivity contribution in [3.63, 3.8) is 0 Å². The molecule has 1 aromatic heterocycles. The summed E-state index contributed by atoms with van der Waals surface area (Å²) in [6, 6.07) is 6.14. The van der Waals surface area contributed by atoms with Gasteiger partial charge in [-0.2, -0.15) is 0 Å². The second-order valence-corrected chi connectivity index (χ2v) is 5.67. The molecule has 1 aliphatic rings. The Bertz CT molecular complexity index is 690. The Kier molecular flexibility index (Phi) is 3.28. The van der Waals surface area contributed by atoms with E-state index in [2.05, 4.69) is 11.1 Å². The standard InChI is InChI=1S/C15H15N3OS/c1-18-13-6-3-10(8-11(13)4-7-14(18)19)2-5-12-9-20-15(16)17-12/h2-3,5-6,8-9H,4,7H2,1H3,(H2,16,17). The Morgan fingerprint density at radius 2 is 2.20 bits per heavy atom. The molecule has 2 N–H and O–H groups in total. The van der Waals surface area contributed by atoms with Crippen LogP contribution in [0.15, 0.2) is 23.6 Å². The zero-order chi connectivity index (χ0) is 14.1. The molecule has 0 radical (unpaired) electrons. The fourth-order valence-corrected chi connectivity index (χ4v) is 2.87. The second-order valence-electron chi connectivity index (χ2n) is 4.78. The number of benzene rings is 1. The smallest absolute Gasteiger partial charge is 0.227 e. The van der Waals surface area contributed by atoms with Gasteiger partial charge >= 0.3 is 0 Å². The Labute approximate surface area is 121 Å². The van der Waals surface area contributed by atoms with Crippen LogP contribution in [-0.2, 0) is 11.2 Å². The first-order valence-electron chi connectivity index (χ1n) is 6.42. The first-order chi connectivity index (χ1) is 9.63. The lowest BCUT2D eigenvalue weighted by atomic mass is 9.99. The van der Waals surface area contributed by atoms with Gasteiger partial charge in [0, 0.05) is 24.5 Å². The highest BCUT2D eigenvalue weighted by Crippen LogP contribution is 2.28. The van der Waals surface area contributed by atoms with Crippen LogP contribution in [0.4, 0.5) is 10.8 Å². The minimum absolute atomic E-state index is 0.179. The highest BCUT2D eigenvalue weighted by atomic mass is 32.1. The van der Waals surface area contributed by atoms with Crippen LogP contribution in [0, 0.1) is 0 Å². The van der Waals surface area contributed by atoms with Gasteiger partial charge in [0.15, 0.2) is 5.13 Å². The van der Waals surface area contributed by atoms with E-state index >= 15 is 0 Å². The van der Waals surface area contributed by atoms with E-state index < -0.39 is 0 Å². The van der Waals surface area contributed by atoms with Crippen LogP contribution in [-0.4, -0.2) is 17.9 Å². The molecule has 0 atom stereocenters. The van der Waals surface area contributed by atoms with Crippen molar-refractivity contribution < 1.29 is 4.79 Å². The van der Waals surface area contributed by atoms with Crippen LogP contribution in [0.1, 0.15) is 23.2 Å². The lowest BCUT2D eigenvalue weighted by Crippen LogP contribution is -2.30. The van der Waals surface area contributed by atoms with Gasteiger partial charge in [0.25, 0.3) is 0 Å². The van der Waals surface area contributed by atoms with Crippen LogP contribution in [0.3, 0.4) is 0 Å². The summed E-state index contributed by atoms with van der Waals surface area (Å²) in [5, 5.41) is 2.51. The Balaban J connectivity index is 1.86. The molecule has 1 aromatic carbocycles. The third-order valence-corrected chi connectivity index (χ3v) is 4.13. The number of rotatable bonds is 2. The van der Waals surface area contributed by atoms with Crippen molar-refractivity contribution in [2.75, 3.05) is 17.7 Å². The summed E-state index contributed by atoms with van der Waals surface area (Å²) in [5.74, 6) is 0.179. The topological polar surface area (TPSA) is 59.2 Å². The molecular weight excluding hydrogens is 270 g/mol. The fraction of sp³-hybridized carbons (Fsp3) is 0.200. The minimum atomic E-state index is 0.179. The van der Waals surface area contributed by atoms with Gasteiger partial charge in [0.1, 0.15) is 0 Å². The zero-order valence-electron chi connectivity index (χ0n) is 11.2. The fourth-order valence-electron chi connectivity index (χ4n) is 2.34. The van der Waals surface area contributed by atoms with E-state index in [0.29, 0.717) is 11.6 Å². The number of nitrogen functional groups attached to an aromatic ring is 1. The number of anilines is 2. The van der Waals surface area contributed by atoms with Crippen LogP contribution < -0.4 is 10.6 Å². The van der Waals surface area contributed by atoms with E-state index in [-0.39, 0.29) is 5.91 Å². The number of aryl methyl sites for hydroxylation is 1. The lowest BCUT2D eigenvalue weighted by Gasteiger charge is -2.25. The molecule has 3 rings (SSSR count). The van der Waals surface area contributed by atoms with Crippen molar-refractivity contribution in [2.24, 2.45) is 0 Å². The molecule has 0 aliphatic carbocycles. The highest BCUT2D eigenvalue weighted by Gasteiger charge is 2.20. The maximum Gasteiger partial charge on any atom is 0.227 e. The van der Waals surface area contributed by atoms with Gasteiger partial charge < -0.3 is 10.6 Å². The highest BCUT2D eigenvalue weighted by molar-refractivity contribution is 7.13. The van der Waals surface area contributed by atoms with Crippen molar-refractivity contribution >= 4 is 40.2 Å². The number of hydrogen-bond donors (Lipinski definition) is 1. The number of hydrogen-bond acceptors (Lipinski definition) is 4. The Hall–Kier alpha value is -2.14. The average molecular weight is 285 g/mol. The van der Waals surface area contributed by atoms with Gasteiger partial charge in [-0.05, 0) is 35.8 Å². The summed E-state index contributed by atoms with van der Waals surface area (Å²) < 4.78 is 0. The molecule has 2 heterocycles. The van der Waals surface area contributed by atoms with Crippen LogP contribution >= 0.6 is 11.3 Å². The third kappa shape index (κ3) is 2.44. The van der Waals surface area contributed by atoms with E-state index in [4.69, 9.17) is 5.73 Å². The number of aromatic nitrogens is 1. The number of carbonyl (C=O) groups excluding carboxylic acids is 1. The summed E-state index contributed by atoms with van der Waals surface area (Å²) in [6.45, 7) is 0. The van der Waals surface area contributed by atoms with Crippen LogP contribution in [0.25, 0.3) is 12.2 Å². The largest absolute Gasteiger partial charge is 0.375 e. The molecule has 5 heteroatoms. The van der Waals surface area contributed by atoms with E-state index in [1.165, 1.54) is 16.9 Å². The molecule has 0 saturated heterocycles. The first kappa shape index (κ1) is 12.9. The monoisotopic (exact) mass is 285 g/mol. The maximum atomic E-state index is 11.6. The van der Waals surface area contributed by atoms with Gasteiger partial charge in [-0.25, -0.2) is 4.98 Å². The molecule has 0 spiro atoms. The molecule has 0 bridgehead atoms. The summed E-state index contributed by atoms with van der Waals surface area (Å²) in [7, 11) is 1.83. The molecule has 0 unspecified atom stereocenters. The summed E-state index contributed by atoms with van der Waals surface area (Å²) in [5.41, 5.74) is 9.81. The molecule has 1 aliphatic heterocycles. The normalized spacial score (nSPS) is 14.8. The second kappa shape index (κ2) is 5.09. The molecule has 0 fully saturated rings. The van der Waals surface area contributed by atoms with Crippen molar-refractivity contribution in [1.82, 2.24) is 4.98 Å². The third-order valence-electron chi connectivity index (χ3n) is 3.43. The van der Waals surface area contributed by atoms with Crippen molar-refractivity contribution in [1.29, 1.82) is 0 Å². The number of fused-ring (bicyclic) bond motifs is 1. The van der Waals surface area contributed by atoms with E-state index in [1.807, 2.05) is 36.7 Å². The molecule has 0 saturated carbocycles. The van der Waals surface area contributed by atoms with E-state index in [9.17, 15) is 4.79 Å². The predicted molar refractivity (Wildman–Crippen MR) is 83.6 cm³/mol. The maximum absolute atomic E-state index is 11.6. The van der Waals surface area contributed by atoms with Crippen LogP contribution in [0.2, 0.25) is 0 Å². The van der Waals surface area contributed by atoms with Gasteiger partial charge in [-0.1, -0.05) is 12.1 Å². The Morgan fingerprint density at radius 3 is 2.95 bits per heavy atom. The van der Waals surface area contributed by atoms with E-state index in [1.54, 1.807) is 4.90 Å². The number of thiazole rings is 1. The molecule has 2 aromatic rings. The molecule has 20 heavy (non-hydrogen) atoms. The zero-order valence-corrected chi connectivity index (χ0v) is 12.0. The van der Waals surface area contributed by atoms with Gasteiger partial charge in [-0.15, -0.1) is 11.3 Å². The molecular formula is C15H15N3OS. The van der Waals surface area contributed by atoms with Gasteiger partial charge in [-0.3, -0.25) is 4.79 Å². The first-order valence-corrected chi connectivity index (χ1v) is 7.30. The summed E-state index contributed by atoms with van der Waals surface area (Å²) >= 11 is 1.43. The minimum Gasteiger partial charge on any atom is -0.375 e.